The number of urea groups is 1. The van der Waals surface area contributed by atoms with E-state index in [0.717, 1.165) is 11.3 Å². The van der Waals surface area contributed by atoms with Crippen molar-refractivity contribution in [1.29, 1.82) is 0 Å². The summed E-state index contributed by atoms with van der Waals surface area (Å²) < 4.78 is 1.69. The molecule has 3 heterocycles. The number of amidine groups is 1. The van der Waals surface area contributed by atoms with Crippen molar-refractivity contribution in [3.05, 3.63) is 42.1 Å². The van der Waals surface area contributed by atoms with Gasteiger partial charge in [-0.25, -0.2) is 9.48 Å². The molecule has 2 aromatic rings. The summed E-state index contributed by atoms with van der Waals surface area (Å²) in [5.41, 5.74) is 1.60. The first-order chi connectivity index (χ1) is 12.1. The van der Waals surface area contributed by atoms with Gasteiger partial charge in [-0.15, -0.1) is 0 Å². The number of hydrogen-bond acceptors (Lipinski definition) is 4. The molecule has 1 aromatic heterocycles. The fourth-order valence-electron chi connectivity index (χ4n) is 3.04. The molecule has 0 N–H and O–H groups in total. The number of benzene rings is 1. The third-order valence-corrected chi connectivity index (χ3v) is 4.34. The van der Waals surface area contributed by atoms with Gasteiger partial charge in [0.05, 0.1) is 24.0 Å². The summed E-state index contributed by atoms with van der Waals surface area (Å²) in [5.74, 6) is 1.07. The van der Waals surface area contributed by atoms with Gasteiger partial charge < -0.3 is 4.90 Å². The zero-order valence-electron chi connectivity index (χ0n) is 14.1. The van der Waals surface area contributed by atoms with Crippen molar-refractivity contribution in [1.82, 2.24) is 19.6 Å². The fourth-order valence-corrected chi connectivity index (χ4v) is 3.04. The van der Waals surface area contributed by atoms with E-state index in [2.05, 4.69) is 10.1 Å². The predicted molar refractivity (Wildman–Crippen MR) is 93.1 cm³/mol. The molecule has 0 saturated carbocycles. The topological polar surface area (TPSA) is 74.0 Å². The Labute approximate surface area is 145 Å². The minimum absolute atomic E-state index is 0.0405. The summed E-state index contributed by atoms with van der Waals surface area (Å²) in [4.78, 5) is 34.3. The molecule has 1 aromatic carbocycles. The third kappa shape index (κ3) is 2.37. The predicted octanol–water partition coefficient (Wildman–Crippen LogP) is 0.963. The Morgan fingerprint density at radius 1 is 1.24 bits per heavy atom. The third-order valence-electron chi connectivity index (χ3n) is 4.34. The largest absolute Gasteiger partial charge is 0.347 e. The molecule has 0 saturated heterocycles. The highest BCUT2D eigenvalue weighted by molar-refractivity contribution is 6.20. The van der Waals surface area contributed by atoms with E-state index >= 15 is 0 Å². The molecule has 0 unspecified atom stereocenters. The lowest BCUT2D eigenvalue weighted by molar-refractivity contribution is -0.127. The van der Waals surface area contributed by atoms with Gasteiger partial charge in [0.1, 0.15) is 12.4 Å². The first kappa shape index (κ1) is 15.4. The van der Waals surface area contributed by atoms with E-state index in [1.807, 2.05) is 30.3 Å². The van der Waals surface area contributed by atoms with Crippen LogP contribution in [0.5, 0.6) is 0 Å². The zero-order valence-corrected chi connectivity index (χ0v) is 14.1. The number of para-hydroxylation sites is 1. The highest BCUT2D eigenvalue weighted by Gasteiger charge is 2.41. The zero-order chi connectivity index (χ0) is 17.6. The Hall–Kier alpha value is -3.16. The standard InChI is InChI=1S/C17H18N6O2/c1-20(2)14(24)11-22-16-13(15-18-8-9-21(15)17(22)25)10-19-23(16)12-6-4-3-5-7-12/h3-7,10H,8-9,11H2,1-2H3. The number of anilines is 1. The van der Waals surface area contributed by atoms with Gasteiger partial charge in [-0.1, -0.05) is 18.2 Å². The maximum atomic E-state index is 13.0. The van der Waals surface area contributed by atoms with E-state index in [1.54, 1.807) is 29.9 Å². The van der Waals surface area contributed by atoms with Crippen LogP contribution in [0, 0.1) is 0 Å². The van der Waals surface area contributed by atoms with Crippen molar-refractivity contribution in [3.8, 4) is 5.69 Å². The number of amides is 3. The second-order valence-electron chi connectivity index (χ2n) is 6.14. The Bertz CT molecular complexity index is 871. The molecule has 0 aliphatic carbocycles. The lowest BCUT2D eigenvalue weighted by atomic mass is 10.2. The lowest BCUT2D eigenvalue weighted by Crippen LogP contribution is -2.53. The average Bonchev–Trinajstić information content (AvgIpc) is 3.25. The molecular weight excluding hydrogens is 320 g/mol. The van der Waals surface area contributed by atoms with E-state index in [9.17, 15) is 9.59 Å². The summed E-state index contributed by atoms with van der Waals surface area (Å²) in [7, 11) is 3.35. The lowest BCUT2D eigenvalue weighted by Gasteiger charge is -2.34. The molecule has 8 nitrogen and oxygen atoms in total. The number of carbonyl (C=O) groups excluding carboxylic acids is 2. The van der Waals surface area contributed by atoms with Gasteiger partial charge in [-0.2, -0.15) is 5.10 Å². The molecule has 3 amide bonds. The van der Waals surface area contributed by atoms with Crippen LogP contribution in [-0.2, 0) is 4.79 Å². The number of likely N-dealkylation sites (N-methyl/N-ethyl adjacent to an activating group) is 1. The monoisotopic (exact) mass is 338 g/mol. The van der Waals surface area contributed by atoms with Crippen LogP contribution >= 0.6 is 0 Å². The van der Waals surface area contributed by atoms with Gasteiger partial charge in [0.2, 0.25) is 5.91 Å². The first-order valence-corrected chi connectivity index (χ1v) is 8.05. The van der Waals surface area contributed by atoms with Crippen LogP contribution < -0.4 is 4.90 Å². The summed E-state index contributed by atoms with van der Waals surface area (Å²) >= 11 is 0. The highest BCUT2D eigenvalue weighted by Crippen LogP contribution is 2.32. The van der Waals surface area contributed by atoms with Crippen LogP contribution in [-0.4, -0.2) is 71.1 Å². The second kappa shape index (κ2) is 5.73. The number of nitrogens with zero attached hydrogens (tertiary/aromatic N) is 6. The maximum Gasteiger partial charge on any atom is 0.331 e. The van der Waals surface area contributed by atoms with E-state index < -0.39 is 0 Å². The van der Waals surface area contributed by atoms with Crippen molar-refractivity contribution < 1.29 is 9.59 Å². The van der Waals surface area contributed by atoms with Crippen molar-refractivity contribution in [3.63, 3.8) is 0 Å². The van der Waals surface area contributed by atoms with Gasteiger partial charge in [0, 0.05) is 20.6 Å². The molecule has 0 spiro atoms. The minimum atomic E-state index is -0.239. The molecule has 128 valence electrons. The normalized spacial score (nSPS) is 15.8. The smallest absolute Gasteiger partial charge is 0.331 e. The molecule has 4 rings (SSSR count). The number of fused-ring (bicyclic) bond motifs is 3. The van der Waals surface area contributed by atoms with Crippen LogP contribution in [0.1, 0.15) is 5.56 Å². The van der Waals surface area contributed by atoms with Crippen molar-refractivity contribution in [2.75, 3.05) is 38.6 Å². The van der Waals surface area contributed by atoms with Crippen molar-refractivity contribution in [2.24, 2.45) is 4.99 Å². The quantitative estimate of drug-likeness (QED) is 0.837. The van der Waals surface area contributed by atoms with Crippen LogP contribution in [0.2, 0.25) is 0 Å². The number of aromatic nitrogens is 2. The van der Waals surface area contributed by atoms with Crippen LogP contribution in [0.15, 0.2) is 41.5 Å². The number of hydrogen-bond donors (Lipinski definition) is 0. The molecular formula is C17H18N6O2. The summed E-state index contributed by atoms with van der Waals surface area (Å²) in [5, 5.41) is 4.46. The van der Waals surface area contributed by atoms with Crippen LogP contribution in [0.25, 0.3) is 5.69 Å². The SMILES string of the molecule is CN(C)C(=O)CN1C(=O)N2CCN=C2c2cnn(-c3ccccc3)c21. The molecule has 0 radical (unpaired) electrons. The summed E-state index contributed by atoms with van der Waals surface area (Å²) in [6.45, 7) is 1.05. The van der Waals surface area contributed by atoms with Gasteiger partial charge in [-0.05, 0) is 12.1 Å². The first-order valence-electron chi connectivity index (χ1n) is 8.05. The van der Waals surface area contributed by atoms with Gasteiger partial charge in [0.15, 0.2) is 5.82 Å². The van der Waals surface area contributed by atoms with Gasteiger partial charge in [0.25, 0.3) is 0 Å². The van der Waals surface area contributed by atoms with Crippen LogP contribution in [0.4, 0.5) is 10.6 Å². The molecule has 8 heteroatoms. The maximum absolute atomic E-state index is 13.0. The Kier molecular flexibility index (Phi) is 3.52. The average molecular weight is 338 g/mol. The van der Waals surface area contributed by atoms with E-state index in [-0.39, 0.29) is 18.5 Å². The second-order valence-corrected chi connectivity index (χ2v) is 6.14. The molecule has 25 heavy (non-hydrogen) atoms. The van der Waals surface area contributed by atoms with E-state index in [0.29, 0.717) is 24.7 Å². The molecule has 2 aliphatic heterocycles. The van der Waals surface area contributed by atoms with Gasteiger partial charge >= 0.3 is 6.03 Å². The molecule has 2 aliphatic rings. The molecule has 0 bridgehead atoms. The number of rotatable bonds is 3. The molecule has 0 fully saturated rings. The minimum Gasteiger partial charge on any atom is -0.347 e. The Balaban J connectivity index is 1.86. The fraction of sp³-hybridized carbons (Fsp3) is 0.294. The van der Waals surface area contributed by atoms with Crippen molar-refractivity contribution >= 4 is 23.6 Å². The highest BCUT2D eigenvalue weighted by atomic mass is 16.2. The van der Waals surface area contributed by atoms with Gasteiger partial charge in [-0.3, -0.25) is 19.6 Å². The van der Waals surface area contributed by atoms with E-state index in [1.165, 1.54) is 9.80 Å². The summed E-state index contributed by atoms with van der Waals surface area (Å²) in [6, 6.07) is 9.31. The Morgan fingerprint density at radius 3 is 2.72 bits per heavy atom. The number of aliphatic imine (C=N–C) groups is 1. The van der Waals surface area contributed by atoms with E-state index in [4.69, 9.17) is 0 Å². The Morgan fingerprint density at radius 2 is 2.00 bits per heavy atom. The van der Waals surface area contributed by atoms with Crippen LogP contribution in [0.3, 0.4) is 0 Å². The molecule has 0 atom stereocenters. The number of carbonyl (C=O) groups is 2. The van der Waals surface area contributed by atoms with Crippen molar-refractivity contribution in [2.45, 2.75) is 0 Å². The summed E-state index contributed by atoms with van der Waals surface area (Å²) in [6.07, 6.45) is 1.71.